The molecule has 6 nitrogen and oxygen atoms in total. The molecular formula is C13H21N3O3S. The molecule has 2 rings (SSSR count). The average molecular weight is 299 g/mol. The van der Waals surface area contributed by atoms with Gasteiger partial charge in [-0.25, -0.2) is 8.42 Å². The second-order valence-electron chi connectivity index (χ2n) is 5.09. The first-order valence-corrected chi connectivity index (χ1v) is 8.66. The van der Waals surface area contributed by atoms with Gasteiger partial charge in [-0.05, 0) is 30.9 Å². The number of pyridine rings is 1. The highest BCUT2D eigenvalue weighted by Gasteiger charge is 2.27. The normalized spacial score (nSPS) is 20.8. The zero-order chi connectivity index (χ0) is 14.6. The molecule has 0 aromatic carbocycles. The smallest absolute Gasteiger partial charge is 0.239 e. The number of sulfone groups is 1. The maximum Gasteiger partial charge on any atom is 0.239 e. The van der Waals surface area contributed by atoms with E-state index in [2.05, 4.69) is 10.3 Å². The van der Waals surface area contributed by atoms with Crippen molar-refractivity contribution in [2.45, 2.75) is 19.8 Å². The quantitative estimate of drug-likeness (QED) is 0.822. The van der Waals surface area contributed by atoms with E-state index in [0.29, 0.717) is 42.7 Å². The third-order valence-electron chi connectivity index (χ3n) is 3.23. The second-order valence-corrected chi connectivity index (χ2v) is 7.32. The van der Waals surface area contributed by atoms with Crippen molar-refractivity contribution >= 4 is 21.3 Å². The molecule has 0 saturated carbocycles. The molecule has 3 N–H and O–H groups in total. The molecule has 0 bridgehead atoms. The Kier molecular flexibility index (Phi) is 4.69. The van der Waals surface area contributed by atoms with Crippen molar-refractivity contribution < 1.29 is 13.2 Å². The van der Waals surface area contributed by atoms with Crippen LogP contribution >= 0.6 is 0 Å². The summed E-state index contributed by atoms with van der Waals surface area (Å²) in [6, 6.07) is 3.52. The first-order chi connectivity index (χ1) is 9.50. The summed E-state index contributed by atoms with van der Waals surface area (Å²) in [5.41, 5.74) is 6.30. The molecule has 7 heteroatoms. The third kappa shape index (κ3) is 4.00. The lowest BCUT2D eigenvalue weighted by Gasteiger charge is -2.12. The summed E-state index contributed by atoms with van der Waals surface area (Å²) >= 11 is 0. The molecule has 1 aromatic heterocycles. The molecule has 0 amide bonds. The molecular weight excluding hydrogens is 278 g/mol. The number of aromatic nitrogens is 1. The van der Waals surface area contributed by atoms with Gasteiger partial charge in [0.1, 0.15) is 5.82 Å². The van der Waals surface area contributed by atoms with Crippen LogP contribution in [0.4, 0.5) is 11.5 Å². The van der Waals surface area contributed by atoms with Crippen LogP contribution in [0.5, 0.6) is 5.88 Å². The Bertz CT molecular complexity index is 560. The van der Waals surface area contributed by atoms with Crippen molar-refractivity contribution in [3.8, 4) is 5.88 Å². The van der Waals surface area contributed by atoms with Gasteiger partial charge in [0.25, 0.3) is 0 Å². The molecule has 1 aliphatic heterocycles. The highest BCUT2D eigenvalue weighted by atomic mass is 32.2. The molecule has 1 aromatic rings. The molecule has 1 unspecified atom stereocenters. The van der Waals surface area contributed by atoms with Crippen molar-refractivity contribution in [1.82, 2.24) is 4.98 Å². The highest BCUT2D eigenvalue weighted by Crippen LogP contribution is 2.23. The minimum Gasteiger partial charge on any atom is -0.476 e. The second kappa shape index (κ2) is 6.30. The lowest BCUT2D eigenvalue weighted by molar-refractivity contribution is 0.307. The van der Waals surface area contributed by atoms with Crippen LogP contribution in [0.1, 0.15) is 19.8 Å². The number of anilines is 2. The Balaban J connectivity index is 1.93. The van der Waals surface area contributed by atoms with Gasteiger partial charge in [-0.1, -0.05) is 6.92 Å². The summed E-state index contributed by atoms with van der Waals surface area (Å²) in [4.78, 5) is 4.30. The number of hydrogen-bond acceptors (Lipinski definition) is 6. The van der Waals surface area contributed by atoms with Gasteiger partial charge >= 0.3 is 0 Å². The van der Waals surface area contributed by atoms with Crippen LogP contribution in [0.25, 0.3) is 0 Å². The Hall–Kier alpha value is -1.50. The zero-order valence-corrected chi connectivity index (χ0v) is 12.4. The fraction of sp³-hybridized carbons (Fsp3) is 0.615. The number of nitrogen functional groups attached to an aromatic ring is 1. The van der Waals surface area contributed by atoms with Crippen molar-refractivity contribution in [2.75, 3.05) is 35.7 Å². The lowest BCUT2D eigenvalue weighted by Crippen LogP contribution is -2.16. The van der Waals surface area contributed by atoms with Crippen LogP contribution in [0.2, 0.25) is 0 Å². The number of nitrogens with two attached hydrogens (primary N) is 1. The summed E-state index contributed by atoms with van der Waals surface area (Å²) in [6.07, 6.45) is 1.60. The van der Waals surface area contributed by atoms with Crippen LogP contribution in [0.15, 0.2) is 12.1 Å². The van der Waals surface area contributed by atoms with E-state index in [1.807, 2.05) is 6.92 Å². The summed E-state index contributed by atoms with van der Waals surface area (Å²) in [5, 5.41) is 3.16. The number of hydrogen-bond donors (Lipinski definition) is 2. The molecule has 0 spiro atoms. The molecule has 1 fully saturated rings. The molecule has 0 radical (unpaired) electrons. The zero-order valence-electron chi connectivity index (χ0n) is 11.6. The first-order valence-electron chi connectivity index (χ1n) is 6.84. The van der Waals surface area contributed by atoms with E-state index < -0.39 is 9.84 Å². The van der Waals surface area contributed by atoms with Crippen molar-refractivity contribution in [1.29, 1.82) is 0 Å². The summed E-state index contributed by atoms with van der Waals surface area (Å²) < 4.78 is 28.2. The Morgan fingerprint density at radius 1 is 1.50 bits per heavy atom. The molecule has 2 heterocycles. The number of rotatable bonds is 6. The van der Waals surface area contributed by atoms with E-state index in [1.165, 1.54) is 0 Å². The number of nitrogens with one attached hydrogen (secondary N) is 1. The van der Waals surface area contributed by atoms with Gasteiger partial charge < -0.3 is 15.8 Å². The fourth-order valence-corrected chi connectivity index (χ4v) is 4.01. The fourth-order valence-electron chi connectivity index (χ4n) is 2.15. The van der Waals surface area contributed by atoms with Gasteiger partial charge in [-0.15, -0.1) is 0 Å². The average Bonchev–Trinajstić information content (AvgIpc) is 2.76. The molecule has 0 aliphatic carbocycles. The molecule has 20 heavy (non-hydrogen) atoms. The number of ether oxygens (including phenoxy) is 1. The molecule has 112 valence electrons. The predicted molar refractivity (Wildman–Crippen MR) is 79.7 cm³/mol. The Labute approximate surface area is 119 Å². The van der Waals surface area contributed by atoms with E-state index in [9.17, 15) is 8.42 Å². The summed E-state index contributed by atoms with van der Waals surface area (Å²) in [6.45, 7) is 3.18. The largest absolute Gasteiger partial charge is 0.476 e. The van der Waals surface area contributed by atoms with E-state index in [4.69, 9.17) is 10.5 Å². The van der Waals surface area contributed by atoms with Crippen molar-refractivity contribution in [2.24, 2.45) is 5.92 Å². The van der Waals surface area contributed by atoms with Gasteiger partial charge in [-0.3, -0.25) is 0 Å². The molecule has 1 saturated heterocycles. The SMILES string of the molecule is CCCOc1nc(NCC2CCS(=O)(=O)C2)ccc1N. The standard InChI is InChI=1S/C13H21N3O3S/c1-2-6-19-13-11(14)3-4-12(16-13)15-8-10-5-7-20(17,18)9-10/h3-4,10H,2,5-9,14H2,1H3,(H,15,16). The van der Waals surface area contributed by atoms with Crippen molar-refractivity contribution in [3.05, 3.63) is 12.1 Å². The van der Waals surface area contributed by atoms with Gasteiger partial charge in [0.05, 0.1) is 23.8 Å². The third-order valence-corrected chi connectivity index (χ3v) is 5.07. The van der Waals surface area contributed by atoms with Gasteiger partial charge in [0.15, 0.2) is 9.84 Å². The van der Waals surface area contributed by atoms with Crippen molar-refractivity contribution in [3.63, 3.8) is 0 Å². The first kappa shape index (κ1) is 14.9. The maximum absolute atomic E-state index is 11.4. The van der Waals surface area contributed by atoms with Crippen LogP contribution in [-0.2, 0) is 9.84 Å². The predicted octanol–water partition coefficient (Wildman–Crippen LogP) is 1.30. The maximum atomic E-state index is 11.4. The minimum absolute atomic E-state index is 0.152. The van der Waals surface area contributed by atoms with E-state index in [-0.39, 0.29) is 11.7 Å². The van der Waals surface area contributed by atoms with Gasteiger partial charge in [0.2, 0.25) is 5.88 Å². The van der Waals surface area contributed by atoms with Gasteiger partial charge in [-0.2, -0.15) is 4.98 Å². The van der Waals surface area contributed by atoms with Crippen LogP contribution in [0, 0.1) is 5.92 Å². The van der Waals surface area contributed by atoms with Crippen LogP contribution < -0.4 is 15.8 Å². The van der Waals surface area contributed by atoms with E-state index >= 15 is 0 Å². The summed E-state index contributed by atoms with van der Waals surface area (Å²) in [5.74, 6) is 1.79. The molecule has 1 aliphatic rings. The van der Waals surface area contributed by atoms with Gasteiger partial charge in [0, 0.05) is 6.54 Å². The highest BCUT2D eigenvalue weighted by molar-refractivity contribution is 7.91. The summed E-state index contributed by atoms with van der Waals surface area (Å²) in [7, 11) is -2.83. The topological polar surface area (TPSA) is 94.3 Å². The lowest BCUT2D eigenvalue weighted by atomic mass is 10.1. The molecule has 1 atom stereocenters. The van der Waals surface area contributed by atoms with E-state index in [1.54, 1.807) is 12.1 Å². The van der Waals surface area contributed by atoms with E-state index in [0.717, 1.165) is 6.42 Å². The minimum atomic E-state index is -2.83. The number of nitrogens with zero attached hydrogens (tertiary/aromatic N) is 1. The Morgan fingerprint density at radius 3 is 2.95 bits per heavy atom. The monoisotopic (exact) mass is 299 g/mol. The Morgan fingerprint density at radius 2 is 2.30 bits per heavy atom. The van der Waals surface area contributed by atoms with Crippen LogP contribution in [-0.4, -0.2) is 38.1 Å². The van der Waals surface area contributed by atoms with Crippen LogP contribution in [0.3, 0.4) is 0 Å².